The average molecular weight is 489 g/mol. The number of halogens is 2. The predicted octanol–water partition coefficient (Wildman–Crippen LogP) is 3.83. The lowest BCUT2D eigenvalue weighted by Gasteiger charge is -2.11. The van der Waals surface area contributed by atoms with Crippen molar-refractivity contribution in [3.8, 4) is 0 Å². The first kappa shape index (κ1) is 21.2. The van der Waals surface area contributed by atoms with Gasteiger partial charge in [-0.2, -0.15) is 0 Å². The molecule has 1 heterocycles. The number of amides is 3. The molecule has 0 atom stereocenters. The van der Waals surface area contributed by atoms with Crippen LogP contribution in [0.5, 0.6) is 0 Å². The van der Waals surface area contributed by atoms with Gasteiger partial charge in [-0.1, -0.05) is 34.0 Å². The first-order valence-electron chi connectivity index (χ1n) is 10.1. The zero-order valence-corrected chi connectivity index (χ0v) is 18.3. The minimum Gasteiger partial charge on any atom is -0.349 e. The van der Waals surface area contributed by atoms with E-state index in [1.807, 2.05) is 0 Å². The maximum Gasteiger partial charge on any atom is 0.319 e. The lowest BCUT2D eigenvalue weighted by Crippen LogP contribution is -2.32. The predicted molar refractivity (Wildman–Crippen MR) is 118 cm³/mol. The Morgan fingerprint density at radius 2 is 1.97 bits per heavy atom. The van der Waals surface area contributed by atoms with Crippen LogP contribution in [0, 0.1) is 5.82 Å². The van der Waals surface area contributed by atoms with Gasteiger partial charge in [0.2, 0.25) is 0 Å². The van der Waals surface area contributed by atoms with Gasteiger partial charge in [-0.3, -0.25) is 4.79 Å². The number of aromatic nitrogens is 3. The summed E-state index contributed by atoms with van der Waals surface area (Å²) in [6, 6.07) is 9.41. The van der Waals surface area contributed by atoms with Crippen LogP contribution in [-0.4, -0.2) is 39.5 Å². The van der Waals surface area contributed by atoms with Crippen LogP contribution in [0.2, 0.25) is 0 Å². The summed E-state index contributed by atoms with van der Waals surface area (Å²) >= 11 is 3.17. The Morgan fingerprint density at radius 1 is 1.16 bits per heavy atom. The molecular weight excluding hydrogens is 467 g/mol. The van der Waals surface area contributed by atoms with Crippen molar-refractivity contribution < 1.29 is 14.0 Å². The molecular formula is C21H22BrFN6O2. The van der Waals surface area contributed by atoms with E-state index in [0.29, 0.717) is 22.1 Å². The molecule has 31 heavy (non-hydrogen) atoms. The molecule has 162 valence electrons. The van der Waals surface area contributed by atoms with Gasteiger partial charge in [-0.05, 0) is 49.2 Å². The van der Waals surface area contributed by atoms with E-state index >= 15 is 0 Å². The van der Waals surface area contributed by atoms with Crippen LogP contribution in [0.3, 0.4) is 0 Å². The molecule has 3 amide bonds. The standard InChI is InChI=1S/C21H22BrFN6O2/c22-14-6-7-17(16(23)12-14)26-21(31)24-9-10-29-19-8-5-13(11-18(19)27-28-29)20(30)25-15-3-1-2-4-15/h5-8,11-12,15H,1-4,9-10H2,(H,25,30)(H2,24,26,31). The maximum absolute atomic E-state index is 13.8. The molecule has 1 saturated carbocycles. The number of urea groups is 1. The van der Waals surface area contributed by atoms with Crippen molar-refractivity contribution in [2.45, 2.75) is 38.3 Å². The number of fused-ring (bicyclic) bond motifs is 1. The molecule has 0 aliphatic heterocycles. The van der Waals surface area contributed by atoms with Gasteiger partial charge in [-0.25, -0.2) is 13.9 Å². The van der Waals surface area contributed by atoms with E-state index in [1.54, 1.807) is 28.9 Å². The number of anilines is 1. The van der Waals surface area contributed by atoms with Gasteiger partial charge in [0.25, 0.3) is 5.91 Å². The lowest BCUT2D eigenvalue weighted by molar-refractivity contribution is 0.0938. The smallest absolute Gasteiger partial charge is 0.319 e. The molecule has 0 spiro atoms. The SMILES string of the molecule is O=C(NCCn1nnc2cc(C(=O)NC3CCCC3)ccc21)Nc1ccc(Br)cc1F. The van der Waals surface area contributed by atoms with Crippen LogP contribution in [0.15, 0.2) is 40.9 Å². The molecule has 1 aromatic heterocycles. The fourth-order valence-electron chi connectivity index (χ4n) is 3.65. The number of hydrogen-bond acceptors (Lipinski definition) is 4. The Balaban J connectivity index is 1.32. The second-order valence-electron chi connectivity index (χ2n) is 7.48. The Kier molecular flexibility index (Phi) is 6.45. The molecule has 10 heteroatoms. The number of benzene rings is 2. The van der Waals surface area contributed by atoms with Crippen LogP contribution >= 0.6 is 15.9 Å². The number of rotatable bonds is 6. The Bertz CT molecular complexity index is 1110. The number of hydrogen-bond donors (Lipinski definition) is 3. The second kappa shape index (κ2) is 9.42. The molecule has 0 bridgehead atoms. The van der Waals surface area contributed by atoms with Crippen LogP contribution in [0.1, 0.15) is 36.0 Å². The van der Waals surface area contributed by atoms with Gasteiger partial charge in [0.1, 0.15) is 11.3 Å². The molecule has 3 N–H and O–H groups in total. The molecule has 0 unspecified atom stereocenters. The highest BCUT2D eigenvalue weighted by molar-refractivity contribution is 9.10. The van der Waals surface area contributed by atoms with Gasteiger partial charge in [0.15, 0.2) is 0 Å². The number of carbonyl (C=O) groups excluding carboxylic acids is 2. The molecule has 4 rings (SSSR count). The summed E-state index contributed by atoms with van der Waals surface area (Å²) in [7, 11) is 0. The third kappa shape index (κ3) is 5.19. The highest BCUT2D eigenvalue weighted by Gasteiger charge is 2.18. The highest BCUT2D eigenvalue weighted by Crippen LogP contribution is 2.20. The molecule has 1 aliphatic carbocycles. The van der Waals surface area contributed by atoms with E-state index in [0.717, 1.165) is 31.2 Å². The number of nitrogens with zero attached hydrogens (tertiary/aromatic N) is 3. The molecule has 1 fully saturated rings. The fourth-order valence-corrected chi connectivity index (χ4v) is 3.98. The largest absolute Gasteiger partial charge is 0.349 e. The Hall–Kier alpha value is -3.01. The molecule has 2 aromatic carbocycles. The van der Waals surface area contributed by atoms with E-state index in [2.05, 4.69) is 42.2 Å². The maximum atomic E-state index is 13.8. The van der Waals surface area contributed by atoms with Crippen molar-refractivity contribution in [2.75, 3.05) is 11.9 Å². The average Bonchev–Trinajstić information content (AvgIpc) is 3.40. The molecule has 1 aliphatic rings. The molecule has 8 nitrogen and oxygen atoms in total. The van der Waals surface area contributed by atoms with Crippen molar-refractivity contribution >= 4 is 44.6 Å². The minimum absolute atomic E-state index is 0.0929. The van der Waals surface area contributed by atoms with E-state index in [-0.39, 0.29) is 24.2 Å². The Labute approximate surface area is 186 Å². The minimum atomic E-state index is -0.528. The fraction of sp³-hybridized carbons (Fsp3) is 0.333. The van der Waals surface area contributed by atoms with E-state index in [4.69, 9.17) is 0 Å². The molecule has 0 radical (unpaired) electrons. The van der Waals surface area contributed by atoms with Crippen molar-refractivity contribution in [1.82, 2.24) is 25.6 Å². The quantitative estimate of drug-likeness (QED) is 0.490. The van der Waals surface area contributed by atoms with E-state index < -0.39 is 11.8 Å². The van der Waals surface area contributed by atoms with Crippen molar-refractivity contribution in [1.29, 1.82) is 0 Å². The summed E-state index contributed by atoms with van der Waals surface area (Å²) < 4.78 is 16.0. The van der Waals surface area contributed by atoms with E-state index in [9.17, 15) is 14.0 Å². The van der Waals surface area contributed by atoms with Crippen LogP contribution < -0.4 is 16.0 Å². The third-order valence-electron chi connectivity index (χ3n) is 5.25. The third-order valence-corrected chi connectivity index (χ3v) is 5.75. The number of nitrogens with one attached hydrogen (secondary N) is 3. The monoisotopic (exact) mass is 488 g/mol. The summed E-state index contributed by atoms with van der Waals surface area (Å²) in [5.74, 6) is -0.624. The molecule has 0 saturated heterocycles. The van der Waals surface area contributed by atoms with Gasteiger partial charge in [0, 0.05) is 22.6 Å². The van der Waals surface area contributed by atoms with Crippen molar-refractivity contribution in [3.63, 3.8) is 0 Å². The zero-order chi connectivity index (χ0) is 21.8. The van der Waals surface area contributed by atoms with E-state index in [1.165, 1.54) is 12.1 Å². The van der Waals surface area contributed by atoms with Gasteiger partial charge in [0.05, 0.1) is 17.7 Å². The second-order valence-corrected chi connectivity index (χ2v) is 8.39. The van der Waals surface area contributed by atoms with Gasteiger partial charge >= 0.3 is 6.03 Å². The van der Waals surface area contributed by atoms with Crippen LogP contribution in [0.25, 0.3) is 11.0 Å². The lowest BCUT2D eigenvalue weighted by atomic mass is 10.1. The van der Waals surface area contributed by atoms with Gasteiger partial charge in [-0.15, -0.1) is 5.10 Å². The first-order chi connectivity index (χ1) is 15.0. The van der Waals surface area contributed by atoms with Gasteiger partial charge < -0.3 is 16.0 Å². The summed E-state index contributed by atoms with van der Waals surface area (Å²) in [5.41, 5.74) is 2.02. The summed E-state index contributed by atoms with van der Waals surface area (Å²) in [5, 5.41) is 16.4. The summed E-state index contributed by atoms with van der Waals surface area (Å²) in [4.78, 5) is 24.5. The topological polar surface area (TPSA) is 101 Å². The zero-order valence-electron chi connectivity index (χ0n) is 16.7. The summed E-state index contributed by atoms with van der Waals surface area (Å²) in [6.07, 6.45) is 4.36. The van der Waals surface area contributed by atoms with Crippen LogP contribution in [-0.2, 0) is 6.54 Å². The molecule has 3 aromatic rings. The van der Waals surface area contributed by atoms with Crippen molar-refractivity contribution in [3.05, 3.63) is 52.3 Å². The Morgan fingerprint density at radius 3 is 2.74 bits per heavy atom. The summed E-state index contributed by atoms with van der Waals surface area (Å²) in [6.45, 7) is 0.646. The number of carbonyl (C=O) groups is 2. The van der Waals surface area contributed by atoms with Crippen molar-refractivity contribution in [2.24, 2.45) is 0 Å². The van der Waals surface area contributed by atoms with Crippen LogP contribution in [0.4, 0.5) is 14.9 Å². The highest BCUT2D eigenvalue weighted by atomic mass is 79.9. The first-order valence-corrected chi connectivity index (χ1v) is 10.9. The normalized spacial score (nSPS) is 14.0.